The Morgan fingerprint density at radius 2 is 1.92 bits per heavy atom. The van der Waals surface area contributed by atoms with E-state index in [0.29, 0.717) is 31.0 Å². The SMILES string of the molecule is CCn1cnc(N(C)C=O)c1C(=O)N(C)CCCCC(O)(CC)CC. The van der Waals surface area contributed by atoms with Crippen molar-refractivity contribution in [2.45, 2.75) is 65.0 Å². The van der Waals surface area contributed by atoms with Gasteiger partial charge in [-0.15, -0.1) is 0 Å². The second kappa shape index (κ2) is 9.56. The highest BCUT2D eigenvalue weighted by Crippen LogP contribution is 2.22. The molecule has 142 valence electrons. The van der Waals surface area contributed by atoms with Gasteiger partial charge in [0.05, 0.1) is 11.9 Å². The lowest BCUT2D eigenvalue weighted by Gasteiger charge is -2.25. The van der Waals surface area contributed by atoms with Crippen LogP contribution in [0, 0.1) is 0 Å². The summed E-state index contributed by atoms with van der Waals surface area (Å²) in [5.74, 6) is 0.226. The van der Waals surface area contributed by atoms with Gasteiger partial charge in [0.2, 0.25) is 6.41 Å². The maximum Gasteiger partial charge on any atom is 0.274 e. The molecule has 0 aliphatic rings. The van der Waals surface area contributed by atoms with Crippen molar-refractivity contribution in [3.05, 3.63) is 12.0 Å². The summed E-state index contributed by atoms with van der Waals surface area (Å²) in [5, 5.41) is 10.3. The first-order valence-electron chi connectivity index (χ1n) is 9.04. The standard InChI is InChI=1S/C18H32N4O3/c1-6-18(25,7-2)11-9-10-12-20(4)17(24)15-16(21(5)14-23)19-13-22(15)8-3/h13-14,25H,6-12H2,1-5H3. The Hall–Kier alpha value is -1.89. The van der Waals surface area contributed by atoms with E-state index in [4.69, 9.17) is 0 Å². The largest absolute Gasteiger partial charge is 0.390 e. The number of aromatic nitrogens is 2. The number of hydrogen-bond donors (Lipinski definition) is 1. The molecule has 1 N–H and O–H groups in total. The maximum absolute atomic E-state index is 12.8. The number of carbonyl (C=O) groups excluding carboxylic acids is 2. The first-order valence-corrected chi connectivity index (χ1v) is 9.04. The van der Waals surface area contributed by atoms with Gasteiger partial charge in [-0.25, -0.2) is 4.98 Å². The number of carbonyl (C=O) groups is 2. The summed E-state index contributed by atoms with van der Waals surface area (Å²) >= 11 is 0. The Morgan fingerprint density at radius 3 is 2.44 bits per heavy atom. The first-order chi connectivity index (χ1) is 11.8. The summed E-state index contributed by atoms with van der Waals surface area (Å²) in [6.45, 7) is 7.13. The molecule has 1 aromatic rings. The zero-order valence-corrected chi connectivity index (χ0v) is 16.2. The normalized spacial score (nSPS) is 11.4. The van der Waals surface area contributed by atoms with Crippen LogP contribution in [0.4, 0.5) is 5.82 Å². The fourth-order valence-electron chi connectivity index (χ4n) is 2.83. The summed E-state index contributed by atoms with van der Waals surface area (Å²) in [5.41, 5.74) is -0.165. The molecule has 7 nitrogen and oxygen atoms in total. The molecule has 0 atom stereocenters. The molecule has 0 aliphatic heterocycles. The van der Waals surface area contributed by atoms with Crippen LogP contribution in [0.5, 0.6) is 0 Å². The van der Waals surface area contributed by atoms with Crippen molar-refractivity contribution in [1.82, 2.24) is 14.5 Å². The van der Waals surface area contributed by atoms with Crippen LogP contribution < -0.4 is 4.90 Å². The highest BCUT2D eigenvalue weighted by atomic mass is 16.3. The predicted octanol–water partition coefficient (Wildman–Crippen LogP) is 2.29. The van der Waals surface area contributed by atoms with Crippen molar-refractivity contribution >= 4 is 18.1 Å². The predicted molar refractivity (Wildman–Crippen MR) is 98.7 cm³/mol. The Labute approximate surface area is 150 Å². The quantitative estimate of drug-likeness (QED) is 0.489. The molecule has 2 amide bonds. The number of rotatable bonds is 11. The molecule has 7 heteroatoms. The van der Waals surface area contributed by atoms with Gasteiger partial charge in [-0.1, -0.05) is 13.8 Å². The minimum Gasteiger partial charge on any atom is -0.390 e. The summed E-state index contributed by atoms with van der Waals surface area (Å²) in [6.07, 6.45) is 6.15. The molecule has 0 saturated carbocycles. The number of hydrogen-bond acceptors (Lipinski definition) is 4. The van der Waals surface area contributed by atoms with E-state index in [-0.39, 0.29) is 5.91 Å². The lowest BCUT2D eigenvalue weighted by atomic mass is 9.91. The van der Waals surface area contributed by atoms with Crippen molar-refractivity contribution in [2.24, 2.45) is 0 Å². The summed E-state index contributed by atoms with van der Waals surface area (Å²) in [4.78, 5) is 31.0. The molecule has 25 heavy (non-hydrogen) atoms. The van der Waals surface area contributed by atoms with E-state index in [0.717, 1.165) is 32.1 Å². The van der Waals surface area contributed by atoms with Crippen LogP contribution >= 0.6 is 0 Å². The molecule has 0 saturated heterocycles. The zero-order valence-electron chi connectivity index (χ0n) is 16.2. The molecular weight excluding hydrogens is 320 g/mol. The molecular formula is C18H32N4O3. The van der Waals surface area contributed by atoms with E-state index >= 15 is 0 Å². The Kier molecular flexibility index (Phi) is 8.09. The highest BCUT2D eigenvalue weighted by molar-refractivity contribution is 5.99. The van der Waals surface area contributed by atoms with Crippen LogP contribution in [-0.2, 0) is 11.3 Å². The van der Waals surface area contributed by atoms with E-state index in [1.807, 2.05) is 20.8 Å². The molecule has 0 aromatic carbocycles. The number of nitrogens with zero attached hydrogens (tertiary/aromatic N) is 4. The first kappa shape index (κ1) is 21.2. The molecule has 1 rings (SSSR count). The van der Waals surface area contributed by atoms with Crippen LogP contribution in [0.1, 0.15) is 63.4 Å². The van der Waals surface area contributed by atoms with Crippen molar-refractivity contribution in [3.63, 3.8) is 0 Å². The van der Waals surface area contributed by atoms with Crippen LogP contribution in [0.3, 0.4) is 0 Å². The number of imidazole rings is 1. The van der Waals surface area contributed by atoms with Crippen LogP contribution in [-0.4, -0.2) is 58.1 Å². The third kappa shape index (κ3) is 5.29. The molecule has 0 radical (unpaired) electrons. The van der Waals surface area contributed by atoms with E-state index < -0.39 is 5.60 Å². The lowest BCUT2D eigenvalue weighted by molar-refractivity contribution is -0.107. The molecule has 0 spiro atoms. The number of anilines is 1. The summed E-state index contributed by atoms with van der Waals surface area (Å²) in [6, 6.07) is 0. The van der Waals surface area contributed by atoms with E-state index in [1.54, 1.807) is 29.9 Å². The molecule has 0 fully saturated rings. The Balaban J connectivity index is 2.71. The molecule has 0 unspecified atom stereocenters. The molecule has 1 heterocycles. The number of aryl methyl sites for hydroxylation is 1. The van der Waals surface area contributed by atoms with Gasteiger partial charge >= 0.3 is 0 Å². The number of aliphatic hydroxyl groups is 1. The smallest absolute Gasteiger partial charge is 0.274 e. The van der Waals surface area contributed by atoms with Crippen molar-refractivity contribution in [3.8, 4) is 0 Å². The summed E-state index contributed by atoms with van der Waals surface area (Å²) in [7, 11) is 3.34. The monoisotopic (exact) mass is 352 g/mol. The fraction of sp³-hybridized carbons (Fsp3) is 0.722. The van der Waals surface area contributed by atoms with Gasteiger partial charge in [-0.3, -0.25) is 9.59 Å². The van der Waals surface area contributed by atoms with Crippen LogP contribution in [0.2, 0.25) is 0 Å². The topological polar surface area (TPSA) is 78.7 Å². The van der Waals surface area contributed by atoms with Gasteiger partial charge < -0.3 is 19.5 Å². The minimum atomic E-state index is -0.594. The molecule has 0 aliphatic carbocycles. The maximum atomic E-state index is 12.8. The third-order valence-corrected chi connectivity index (χ3v) is 4.90. The minimum absolute atomic E-state index is 0.149. The fourth-order valence-corrected chi connectivity index (χ4v) is 2.83. The number of unbranched alkanes of at least 4 members (excludes halogenated alkanes) is 1. The Morgan fingerprint density at radius 1 is 1.28 bits per heavy atom. The van der Waals surface area contributed by atoms with Crippen LogP contribution in [0.15, 0.2) is 6.33 Å². The van der Waals surface area contributed by atoms with Crippen LogP contribution in [0.25, 0.3) is 0 Å². The second-order valence-electron chi connectivity index (χ2n) is 6.53. The van der Waals surface area contributed by atoms with Gasteiger partial charge in [-0.2, -0.15) is 0 Å². The Bertz CT molecular complexity index is 567. The van der Waals surface area contributed by atoms with E-state index in [9.17, 15) is 14.7 Å². The van der Waals surface area contributed by atoms with E-state index in [2.05, 4.69) is 4.98 Å². The second-order valence-corrected chi connectivity index (χ2v) is 6.53. The third-order valence-electron chi connectivity index (χ3n) is 4.90. The van der Waals surface area contributed by atoms with Gasteiger partial charge in [0.1, 0.15) is 0 Å². The molecule has 1 aromatic heterocycles. The summed E-state index contributed by atoms with van der Waals surface area (Å²) < 4.78 is 1.75. The number of amides is 2. The average Bonchev–Trinajstić information content (AvgIpc) is 3.07. The van der Waals surface area contributed by atoms with Gasteiger partial charge in [0.25, 0.3) is 5.91 Å². The average molecular weight is 352 g/mol. The van der Waals surface area contributed by atoms with Gasteiger partial charge in [-0.05, 0) is 39.0 Å². The van der Waals surface area contributed by atoms with Crippen molar-refractivity contribution in [2.75, 3.05) is 25.5 Å². The van der Waals surface area contributed by atoms with Gasteiger partial charge in [0.15, 0.2) is 11.5 Å². The zero-order chi connectivity index (χ0) is 19.0. The van der Waals surface area contributed by atoms with Crippen molar-refractivity contribution in [1.29, 1.82) is 0 Å². The van der Waals surface area contributed by atoms with Gasteiger partial charge in [0, 0.05) is 27.2 Å². The molecule has 0 bridgehead atoms. The highest BCUT2D eigenvalue weighted by Gasteiger charge is 2.24. The lowest BCUT2D eigenvalue weighted by Crippen LogP contribution is -2.32. The van der Waals surface area contributed by atoms with E-state index in [1.165, 1.54) is 4.90 Å². The van der Waals surface area contributed by atoms with Crippen molar-refractivity contribution < 1.29 is 14.7 Å².